The summed E-state index contributed by atoms with van der Waals surface area (Å²) in [5, 5.41) is 0. The van der Waals surface area contributed by atoms with Crippen molar-refractivity contribution in [2.24, 2.45) is 5.92 Å². The summed E-state index contributed by atoms with van der Waals surface area (Å²) in [5.74, 6) is 1.85. The van der Waals surface area contributed by atoms with Gasteiger partial charge in [0.05, 0.1) is 7.11 Å². The molecule has 1 aliphatic carbocycles. The fourth-order valence-electron chi connectivity index (χ4n) is 2.77. The van der Waals surface area contributed by atoms with Crippen LogP contribution in [-0.4, -0.2) is 29.0 Å². The molecule has 1 aliphatic rings. The zero-order valence-corrected chi connectivity index (χ0v) is 13.7. The number of hydrogen-bond donors (Lipinski definition) is 0. The van der Waals surface area contributed by atoms with Crippen LogP contribution in [0.4, 0.5) is 5.69 Å². The summed E-state index contributed by atoms with van der Waals surface area (Å²) in [5.41, 5.74) is 1.30. The summed E-state index contributed by atoms with van der Waals surface area (Å²) in [6.07, 6.45) is 3.97. The van der Waals surface area contributed by atoms with Crippen LogP contribution < -0.4 is 9.64 Å². The van der Waals surface area contributed by atoms with Crippen molar-refractivity contribution in [3.05, 3.63) is 48.0 Å². The molecule has 1 amide bonds. The van der Waals surface area contributed by atoms with Gasteiger partial charge >= 0.3 is 0 Å². The van der Waals surface area contributed by atoms with E-state index in [1.807, 2.05) is 29.2 Å². The van der Waals surface area contributed by atoms with Gasteiger partial charge in [-0.25, -0.2) is 9.97 Å². The molecule has 3 rings (SSSR count). The van der Waals surface area contributed by atoms with Crippen LogP contribution in [0.2, 0.25) is 0 Å². The molecule has 1 saturated carbocycles. The lowest BCUT2D eigenvalue weighted by atomic mass is 10.1. The number of carbonyl (C=O) groups is 1. The first-order chi connectivity index (χ1) is 11.1. The van der Waals surface area contributed by atoms with E-state index in [0.717, 1.165) is 11.4 Å². The quantitative estimate of drug-likeness (QED) is 0.850. The van der Waals surface area contributed by atoms with E-state index in [4.69, 9.17) is 4.74 Å². The van der Waals surface area contributed by atoms with Crippen molar-refractivity contribution in [3.63, 3.8) is 0 Å². The van der Waals surface area contributed by atoms with E-state index in [-0.39, 0.29) is 11.9 Å². The van der Waals surface area contributed by atoms with Crippen LogP contribution in [0.1, 0.15) is 36.1 Å². The van der Waals surface area contributed by atoms with Crippen molar-refractivity contribution < 1.29 is 9.53 Å². The fraction of sp³-hybridized carbons (Fsp3) is 0.389. The zero-order chi connectivity index (χ0) is 16.4. The lowest BCUT2D eigenvalue weighted by molar-refractivity contribution is 0.0970. The number of carbonyl (C=O) groups excluding carboxylic acids is 1. The predicted octanol–water partition coefficient (Wildman–Crippen LogP) is 3.24. The van der Waals surface area contributed by atoms with E-state index in [1.54, 1.807) is 26.3 Å². The third-order valence-corrected chi connectivity index (χ3v) is 4.28. The number of rotatable bonds is 5. The average molecular weight is 311 g/mol. The van der Waals surface area contributed by atoms with Crippen molar-refractivity contribution in [1.82, 2.24) is 9.97 Å². The third-order valence-electron chi connectivity index (χ3n) is 4.28. The molecule has 23 heavy (non-hydrogen) atoms. The third kappa shape index (κ3) is 3.33. The average Bonchev–Trinajstić information content (AvgIpc) is 3.40. The summed E-state index contributed by atoms with van der Waals surface area (Å²) in [6, 6.07) is 9.41. The van der Waals surface area contributed by atoms with Gasteiger partial charge in [0.2, 0.25) is 0 Å². The normalized spacial score (nSPS) is 15.1. The smallest absolute Gasteiger partial charge is 0.277 e. The highest BCUT2D eigenvalue weighted by atomic mass is 16.5. The molecule has 0 radical (unpaired) electrons. The Morgan fingerprint density at radius 2 is 1.96 bits per heavy atom. The fourth-order valence-corrected chi connectivity index (χ4v) is 2.77. The van der Waals surface area contributed by atoms with Gasteiger partial charge in [-0.3, -0.25) is 4.79 Å². The maximum absolute atomic E-state index is 13.0. The van der Waals surface area contributed by atoms with E-state index in [0.29, 0.717) is 17.4 Å². The van der Waals surface area contributed by atoms with E-state index < -0.39 is 0 Å². The minimum Gasteiger partial charge on any atom is -0.497 e. The van der Waals surface area contributed by atoms with Crippen LogP contribution in [0.3, 0.4) is 0 Å². The number of amides is 1. The molecular formula is C18H21N3O2. The minimum atomic E-state index is -0.0833. The highest BCUT2D eigenvalue weighted by Crippen LogP contribution is 2.37. The van der Waals surface area contributed by atoms with E-state index in [2.05, 4.69) is 16.9 Å². The molecule has 1 heterocycles. The summed E-state index contributed by atoms with van der Waals surface area (Å²) in [7, 11) is 1.63. The van der Waals surface area contributed by atoms with Crippen molar-refractivity contribution in [2.75, 3.05) is 12.0 Å². The molecule has 1 aromatic heterocycles. The molecule has 1 fully saturated rings. The van der Waals surface area contributed by atoms with E-state index >= 15 is 0 Å². The van der Waals surface area contributed by atoms with Gasteiger partial charge in [-0.1, -0.05) is 0 Å². The van der Waals surface area contributed by atoms with Crippen LogP contribution in [0.25, 0.3) is 0 Å². The number of anilines is 1. The SMILES string of the molecule is COc1ccc(N(C(=O)c2ccnc(C)n2)[C@@H](C)C2CC2)cc1. The molecule has 0 saturated heterocycles. The minimum absolute atomic E-state index is 0.0833. The number of aromatic nitrogens is 2. The number of benzene rings is 1. The monoisotopic (exact) mass is 311 g/mol. The topological polar surface area (TPSA) is 55.3 Å². The Balaban J connectivity index is 1.95. The van der Waals surface area contributed by atoms with Crippen molar-refractivity contribution in [2.45, 2.75) is 32.7 Å². The van der Waals surface area contributed by atoms with Gasteiger partial charge in [0, 0.05) is 17.9 Å². The van der Waals surface area contributed by atoms with Crippen molar-refractivity contribution >= 4 is 11.6 Å². The number of hydrogen-bond acceptors (Lipinski definition) is 4. The number of ether oxygens (including phenoxy) is 1. The molecule has 120 valence electrons. The number of nitrogens with zero attached hydrogens (tertiary/aromatic N) is 3. The molecule has 0 unspecified atom stereocenters. The predicted molar refractivity (Wildman–Crippen MR) is 88.8 cm³/mol. The summed E-state index contributed by atoms with van der Waals surface area (Å²) in [6.45, 7) is 3.90. The first-order valence-electron chi connectivity index (χ1n) is 7.87. The van der Waals surface area contributed by atoms with Gasteiger partial charge in [-0.2, -0.15) is 0 Å². The molecule has 0 spiro atoms. The summed E-state index contributed by atoms with van der Waals surface area (Å²) in [4.78, 5) is 23.2. The molecule has 1 atom stereocenters. The van der Waals surface area contributed by atoms with Crippen LogP contribution in [-0.2, 0) is 0 Å². The molecule has 5 nitrogen and oxygen atoms in total. The van der Waals surface area contributed by atoms with Crippen molar-refractivity contribution in [1.29, 1.82) is 0 Å². The lowest BCUT2D eigenvalue weighted by Crippen LogP contribution is -2.40. The van der Waals surface area contributed by atoms with Gasteiger partial charge in [-0.05, 0) is 62.9 Å². The Hall–Kier alpha value is -2.43. The van der Waals surface area contributed by atoms with Gasteiger partial charge in [-0.15, -0.1) is 0 Å². The van der Waals surface area contributed by atoms with Crippen LogP contribution in [0, 0.1) is 12.8 Å². The highest BCUT2D eigenvalue weighted by Gasteiger charge is 2.35. The molecule has 1 aromatic carbocycles. The van der Waals surface area contributed by atoms with Gasteiger partial charge in [0.1, 0.15) is 17.3 Å². The Bertz CT molecular complexity index is 696. The summed E-state index contributed by atoms with van der Waals surface area (Å²) < 4.78 is 5.21. The second kappa shape index (κ2) is 6.36. The van der Waals surface area contributed by atoms with Gasteiger partial charge in [0.25, 0.3) is 5.91 Å². The summed E-state index contributed by atoms with van der Waals surface area (Å²) >= 11 is 0. The standard InChI is InChI=1S/C18H21N3O2/c1-12(14-4-5-14)21(15-6-8-16(23-3)9-7-15)18(22)17-10-11-19-13(2)20-17/h6-12,14H,4-5H2,1-3H3/t12-/m0/s1. The number of methoxy groups -OCH3 is 1. The Morgan fingerprint density at radius 3 is 2.52 bits per heavy atom. The van der Waals surface area contributed by atoms with Gasteiger partial charge < -0.3 is 9.64 Å². The van der Waals surface area contributed by atoms with Crippen LogP contribution in [0.15, 0.2) is 36.5 Å². The zero-order valence-electron chi connectivity index (χ0n) is 13.7. The molecular weight excluding hydrogens is 290 g/mol. The maximum atomic E-state index is 13.0. The van der Waals surface area contributed by atoms with E-state index in [9.17, 15) is 4.79 Å². The second-order valence-corrected chi connectivity index (χ2v) is 5.94. The van der Waals surface area contributed by atoms with Crippen LogP contribution >= 0.6 is 0 Å². The van der Waals surface area contributed by atoms with Crippen LogP contribution in [0.5, 0.6) is 5.75 Å². The molecule has 0 aliphatic heterocycles. The van der Waals surface area contributed by atoms with Gasteiger partial charge in [0.15, 0.2) is 0 Å². The largest absolute Gasteiger partial charge is 0.497 e. The van der Waals surface area contributed by atoms with Crippen molar-refractivity contribution in [3.8, 4) is 5.75 Å². The second-order valence-electron chi connectivity index (χ2n) is 5.94. The maximum Gasteiger partial charge on any atom is 0.277 e. The Morgan fingerprint density at radius 1 is 1.26 bits per heavy atom. The van der Waals surface area contributed by atoms with E-state index in [1.165, 1.54) is 12.8 Å². The Kier molecular flexibility index (Phi) is 4.28. The molecule has 5 heteroatoms. The molecule has 0 N–H and O–H groups in total. The first-order valence-corrected chi connectivity index (χ1v) is 7.87. The molecule has 0 bridgehead atoms. The lowest BCUT2D eigenvalue weighted by Gasteiger charge is -2.29. The first kappa shape index (κ1) is 15.5. The number of aryl methyl sites for hydroxylation is 1. The highest BCUT2D eigenvalue weighted by molar-refractivity contribution is 6.05. The Labute approximate surface area is 136 Å². The molecule has 2 aromatic rings.